The van der Waals surface area contributed by atoms with Crippen molar-refractivity contribution in [3.8, 4) is 5.75 Å². The van der Waals surface area contributed by atoms with Crippen LogP contribution in [0.25, 0.3) is 0 Å². The quantitative estimate of drug-likeness (QED) is 0.242. The zero-order chi connectivity index (χ0) is 25.4. The number of sulfonamides is 1. The number of hydrogen-bond donors (Lipinski definition) is 1. The van der Waals surface area contributed by atoms with Crippen LogP contribution in [0.4, 0.5) is 11.4 Å². The first-order valence-corrected chi connectivity index (χ1v) is 12.4. The van der Waals surface area contributed by atoms with Gasteiger partial charge in [-0.3, -0.25) is 19.2 Å². The van der Waals surface area contributed by atoms with Gasteiger partial charge in [-0.15, -0.1) is 0 Å². The first kappa shape index (κ1) is 25.7. The molecule has 0 fully saturated rings. The molecule has 0 saturated heterocycles. The highest BCUT2D eigenvalue weighted by molar-refractivity contribution is 7.92. The molecule has 3 aromatic rings. The SMILES string of the molecule is CC(C)c1ccccc1OCCNC(=O)CN(c1ccc([N+](=O)[O-])cc1)S(=O)(=O)c1ccccc1. The van der Waals surface area contributed by atoms with Gasteiger partial charge in [-0.05, 0) is 41.8 Å². The Morgan fingerprint density at radius 2 is 1.63 bits per heavy atom. The highest BCUT2D eigenvalue weighted by atomic mass is 32.2. The number of para-hydroxylation sites is 1. The Labute approximate surface area is 204 Å². The Morgan fingerprint density at radius 3 is 2.26 bits per heavy atom. The summed E-state index contributed by atoms with van der Waals surface area (Å²) >= 11 is 0. The van der Waals surface area contributed by atoms with Gasteiger partial charge in [-0.2, -0.15) is 0 Å². The number of nitrogens with zero attached hydrogens (tertiary/aromatic N) is 2. The molecule has 3 rings (SSSR count). The predicted molar refractivity (Wildman–Crippen MR) is 133 cm³/mol. The molecular weight excluding hydrogens is 470 g/mol. The molecule has 0 bridgehead atoms. The fourth-order valence-electron chi connectivity index (χ4n) is 3.40. The molecule has 0 atom stereocenters. The number of carbonyl (C=O) groups is 1. The van der Waals surface area contributed by atoms with Gasteiger partial charge in [0.05, 0.1) is 22.1 Å². The second-order valence-corrected chi connectivity index (χ2v) is 9.85. The molecule has 0 aliphatic carbocycles. The average molecular weight is 498 g/mol. The van der Waals surface area contributed by atoms with Gasteiger partial charge in [0.2, 0.25) is 5.91 Å². The highest BCUT2D eigenvalue weighted by Gasteiger charge is 2.27. The van der Waals surface area contributed by atoms with Gasteiger partial charge >= 0.3 is 0 Å². The maximum atomic E-state index is 13.3. The standard InChI is InChI=1S/C25H27N3O6S/c1-19(2)23-10-6-7-11-24(23)34-17-16-26-25(29)18-27(20-12-14-21(15-13-20)28(30)31)35(32,33)22-8-4-3-5-9-22/h3-15,19H,16-18H2,1-2H3,(H,26,29). The number of anilines is 1. The van der Waals surface area contributed by atoms with Gasteiger partial charge in [0.25, 0.3) is 15.7 Å². The molecule has 9 nitrogen and oxygen atoms in total. The minimum atomic E-state index is -4.10. The van der Waals surface area contributed by atoms with Gasteiger partial charge in [0, 0.05) is 12.1 Å². The Kier molecular flexibility index (Phi) is 8.43. The first-order valence-electron chi connectivity index (χ1n) is 11.0. The highest BCUT2D eigenvalue weighted by Crippen LogP contribution is 2.26. The van der Waals surface area contributed by atoms with Gasteiger partial charge in [-0.25, -0.2) is 8.42 Å². The van der Waals surface area contributed by atoms with E-state index in [9.17, 15) is 23.3 Å². The van der Waals surface area contributed by atoms with Crippen molar-refractivity contribution in [2.75, 3.05) is 24.0 Å². The third-order valence-electron chi connectivity index (χ3n) is 5.19. The molecule has 0 saturated carbocycles. The van der Waals surface area contributed by atoms with Crippen LogP contribution >= 0.6 is 0 Å². The lowest BCUT2D eigenvalue weighted by Crippen LogP contribution is -2.41. The molecule has 0 aromatic heterocycles. The molecular formula is C25H27N3O6S. The van der Waals surface area contributed by atoms with E-state index in [1.54, 1.807) is 18.2 Å². The van der Waals surface area contributed by atoms with Crippen LogP contribution in [0.5, 0.6) is 5.75 Å². The van der Waals surface area contributed by atoms with Crippen molar-refractivity contribution in [2.24, 2.45) is 0 Å². The molecule has 0 unspecified atom stereocenters. The van der Waals surface area contributed by atoms with Crippen molar-refractivity contribution in [2.45, 2.75) is 24.7 Å². The zero-order valence-corrected chi connectivity index (χ0v) is 20.3. The van der Waals surface area contributed by atoms with E-state index in [0.29, 0.717) is 0 Å². The van der Waals surface area contributed by atoms with Crippen LogP contribution in [-0.4, -0.2) is 38.9 Å². The lowest BCUT2D eigenvalue weighted by molar-refractivity contribution is -0.384. The molecule has 0 aliphatic rings. The maximum absolute atomic E-state index is 13.3. The van der Waals surface area contributed by atoms with Gasteiger partial charge < -0.3 is 10.1 Å². The molecule has 184 valence electrons. The fourth-order valence-corrected chi connectivity index (χ4v) is 4.84. The van der Waals surface area contributed by atoms with Crippen molar-refractivity contribution in [3.05, 3.63) is 94.5 Å². The molecule has 0 spiro atoms. The summed E-state index contributed by atoms with van der Waals surface area (Å²) in [5.74, 6) is 0.471. The van der Waals surface area contributed by atoms with Crippen LogP contribution in [0.15, 0.2) is 83.8 Å². The van der Waals surface area contributed by atoms with Gasteiger partial charge in [0.15, 0.2) is 0 Å². The number of benzene rings is 3. The molecule has 0 aliphatic heterocycles. The van der Waals surface area contributed by atoms with E-state index in [1.165, 1.54) is 36.4 Å². The topological polar surface area (TPSA) is 119 Å². The number of carbonyl (C=O) groups excluding carboxylic acids is 1. The number of nitro benzene ring substituents is 1. The third-order valence-corrected chi connectivity index (χ3v) is 6.98. The van der Waals surface area contributed by atoms with E-state index in [2.05, 4.69) is 19.2 Å². The molecule has 1 N–H and O–H groups in total. The van der Waals surface area contributed by atoms with Crippen LogP contribution in [-0.2, 0) is 14.8 Å². The Balaban J connectivity index is 1.71. The van der Waals surface area contributed by atoms with Crippen LogP contribution < -0.4 is 14.4 Å². The molecule has 3 aromatic carbocycles. The number of nitro groups is 1. The summed E-state index contributed by atoms with van der Waals surface area (Å²) in [5.41, 5.74) is 1.00. The summed E-state index contributed by atoms with van der Waals surface area (Å²) < 4.78 is 33.3. The van der Waals surface area contributed by atoms with Crippen molar-refractivity contribution >= 4 is 27.3 Å². The number of non-ortho nitro benzene ring substituents is 1. The monoisotopic (exact) mass is 497 g/mol. The minimum absolute atomic E-state index is 0.000205. The Hall–Kier alpha value is -3.92. The number of amides is 1. The van der Waals surface area contributed by atoms with Gasteiger partial charge in [-0.1, -0.05) is 50.2 Å². The summed E-state index contributed by atoms with van der Waals surface area (Å²) in [6.07, 6.45) is 0. The molecule has 1 amide bonds. The minimum Gasteiger partial charge on any atom is -0.491 e. The predicted octanol–water partition coefficient (Wildman–Crippen LogP) is 4.11. The fraction of sp³-hybridized carbons (Fsp3) is 0.240. The van der Waals surface area contributed by atoms with Crippen molar-refractivity contribution in [1.29, 1.82) is 0 Å². The summed E-state index contributed by atoms with van der Waals surface area (Å²) in [5, 5.41) is 13.7. The Morgan fingerprint density at radius 1 is 1.00 bits per heavy atom. The van der Waals surface area contributed by atoms with Crippen molar-refractivity contribution in [3.63, 3.8) is 0 Å². The lowest BCUT2D eigenvalue weighted by atomic mass is 10.0. The first-order chi connectivity index (χ1) is 16.7. The maximum Gasteiger partial charge on any atom is 0.269 e. The van der Waals surface area contributed by atoms with E-state index < -0.39 is 27.4 Å². The lowest BCUT2D eigenvalue weighted by Gasteiger charge is -2.24. The molecule has 10 heteroatoms. The molecule has 0 heterocycles. The van der Waals surface area contributed by atoms with Gasteiger partial charge in [0.1, 0.15) is 18.9 Å². The summed E-state index contributed by atoms with van der Waals surface area (Å²) in [4.78, 5) is 23.1. The van der Waals surface area contributed by atoms with E-state index >= 15 is 0 Å². The summed E-state index contributed by atoms with van der Waals surface area (Å²) in [7, 11) is -4.10. The Bertz CT molecular complexity index is 1260. The summed E-state index contributed by atoms with van der Waals surface area (Å²) in [6.45, 7) is 3.99. The number of rotatable bonds is 11. The largest absolute Gasteiger partial charge is 0.491 e. The third kappa shape index (κ3) is 6.57. The smallest absolute Gasteiger partial charge is 0.269 e. The van der Waals surface area contributed by atoms with Crippen LogP contribution in [0, 0.1) is 10.1 Å². The molecule has 0 radical (unpaired) electrons. The second-order valence-electron chi connectivity index (χ2n) is 7.99. The zero-order valence-electron chi connectivity index (χ0n) is 19.5. The average Bonchev–Trinajstić information content (AvgIpc) is 2.86. The molecule has 35 heavy (non-hydrogen) atoms. The second kappa shape index (κ2) is 11.5. The number of ether oxygens (including phenoxy) is 1. The van der Waals surface area contributed by atoms with Crippen LogP contribution in [0.1, 0.15) is 25.3 Å². The van der Waals surface area contributed by atoms with Crippen molar-refractivity contribution < 1.29 is 22.9 Å². The number of nitrogens with one attached hydrogen (secondary N) is 1. The normalized spacial score (nSPS) is 11.2. The van der Waals surface area contributed by atoms with Crippen molar-refractivity contribution in [1.82, 2.24) is 5.32 Å². The number of hydrogen-bond acceptors (Lipinski definition) is 6. The van der Waals surface area contributed by atoms with E-state index in [0.717, 1.165) is 15.6 Å². The summed E-state index contributed by atoms with van der Waals surface area (Å²) in [6, 6.07) is 20.3. The van der Waals surface area contributed by atoms with E-state index in [4.69, 9.17) is 4.74 Å². The van der Waals surface area contributed by atoms with E-state index in [1.807, 2.05) is 24.3 Å². The van der Waals surface area contributed by atoms with E-state index in [-0.39, 0.29) is 35.3 Å². The van der Waals surface area contributed by atoms with Crippen LogP contribution in [0.3, 0.4) is 0 Å². The van der Waals surface area contributed by atoms with Crippen LogP contribution in [0.2, 0.25) is 0 Å².